The minimum atomic E-state index is -0.350. The molecule has 2 N–H and O–H groups in total. The second-order valence-electron chi connectivity index (χ2n) is 2.49. The third-order valence-corrected chi connectivity index (χ3v) is 2.10. The Bertz CT molecular complexity index is 374. The number of anilines is 1. The SMILES string of the molecule is O=C1NCC(=O)N(S)c2nc[nH]c21. The van der Waals surface area contributed by atoms with Crippen LogP contribution < -0.4 is 9.62 Å². The first-order valence-corrected chi connectivity index (χ1v) is 3.93. The van der Waals surface area contributed by atoms with Crippen molar-refractivity contribution in [1.82, 2.24) is 15.3 Å². The average Bonchev–Trinajstić information content (AvgIpc) is 2.57. The summed E-state index contributed by atoms with van der Waals surface area (Å²) < 4.78 is 1.05. The zero-order valence-electron chi connectivity index (χ0n) is 6.44. The number of rotatable bonds is 0. The lowest BCUT2D eigenvalue weighted by atomic mass is 10.4. The highest BCUT2D eigenvalue weighted by Gasteiger charge is 2.26. The van der Waals surface area contributed by atoms with Crippen LogP contribution in [0.4, 0.5) is 5.82 Å². The average molecular weight is 198 g/mol. The normalized spacial score (nSPS) is 16.5. The van der Waals surface area contributed by atoms with Crippen molar-refractivity contribution < 1.29 is 9.59 Å². The number of nitrogens with one attached hydrogen (secondary N) is 2. The van der Waals surface area contributed by atoms with E-state index < -0.39 is 0 Å². The second-order valence-corrected chi connectivity index (χ2v) is 2.89. The van der Waals surface area contributed by atoms with E-state index in [1.165, 1.54) is 6.33 Å². The molecule has 6 nitrogen and oxygen atoms in total. The predicted molar refractivity (Wildman–Crippen MR) is 47.4 cm³/mol. The van der Waals surface area contributed by atoms with Crippen LogP contribution in [0.3, 0.4) is 0 Å². The third kappa shape index (κ3) is 1.17. The summed E-state index contributed by atoms with van der Waals surface area (Å²) in [6.45, 7) is -0.0630. The molecule has 0 aromatic carbocycles. The molecule has 0 saturated carbocycles. The van der Waals surface area contributed by atoms with E-state index in [1.807, 2.05) is 0 Å². The van der Waals surface area contributed by atoms with Gasteiger partial charge in [-0.2, -0.15) is 0 Å². The molecule has 0 spiro atoms. The molecule has 2 heterocycles. The number of aromatic amines is 1. The van der Waals surface area contributed by atoms with E-state index in [0.29, 0.717) is 0 Å². The smallest absolute Gasteiger partial charge is 0.272 e. The van der Waals surface area contributed by atoms with Crippen molar-refractivity contribution >= 4 is 30.4 Å². The molecule has 0 saturated heterocycles. The van der Waals surface area contributed by atoms with Crippen LogP contribution >= 0.6 is 12.8 Å². The minimum absolute atomic E-state index is 0.0630. The van der Waals surface area contributed by atoms with Crippen LogP contribution in [-0.2, 0) is 4.79 Å². The van der Waals surface area contributed by atoms with Gasteiger partial charge in [0.05, 0.1) is 12.9 Å². The van der Waals surface area contributed by atoms with Gasteiger partial charge in [-0.3, -0.25) is 9.59 Å². The minimum Gasteiger partial charge on any atom is -0.342 e. The van der Waals surface area contributed by atoms with Gasteiger partial charge in [-0.15, -0.1) is 0 Å². The summed E-state index contributed by atoms with van der Waals surface area (Å²) in [6.07, 6.45) is 1.34. The zero-order valence-corrected chi connectivity index (χ0v) is 7.34. The highest BCUT2D eigenvalue weighted by Crippen LogP contribution is 2.19. The Balaban J connectivity index is 2.52. The maximum atomic E-state index is 11.3. The van der Waals surface area contributed by atoms with E-state index >= 15 is 0 Å². The van der Waals surface area contributed by atoms with Crippen LogP contribution in [-0.4, -0.2) is 28.3 Å². The van der Waals surface area contributed by atoms with Crippen molar-refractivity contribution in [1.29, 1.82) is 0 Å². The molecule has 0 unspecified atom stereocenters. The van der Waals surface area contributed by atoms with E-state index in [0.717, 1.165) is 4.31 Å². The number of amides is 2. The molecule has 1 aliphatic rings. The van der Waals surface area contributed by atoms with Crippen molar-refractivity contribution in [3.8, 4) is 0 Å². The number of nitrogens with zero attached hydrogens (tertiary/aromatic N) is 2. The van der Waals surface area contributed by atoms with Crippen molar-refractivity contribution in [3.05, 3.63) is 12.0 Å². The van der Waals surface area contributed by atoms with E-state index in [9.17, 15) is 9.59 Å². The number of aromatic nitrogens is 2. The number of H-pyrrole nitrogens is 1. The van der Waals surface area contributed by atoms with Crippen LogP contribution in [0.1, 0.15) is 10.5 Å². The number of hydrogen-bond donors (Lipinski definition) is 3. The fourth-order valence-corrected chi connectivity index (χ4v) is 1.27. The van der Waals surface area contributed by atoms with Gasteiger partial charge in [0, 0.05) is 0 Å². The van der Waals surface area contributed by atoms with Crippen molar-refractivity contribution in [2.45, 2.75) is 0 Å². The molecule has 7 heteroatoms. The van der Waals surface area contributed by atoms with Crippen molar-refractivity contribution in [2.75, 3.05) is 10.8 Å². The van der Waals surface area contributed by atoms with Gasteiger partial charge < -0.3 is 10.3 Å². The summed E-state index contributed by atoms with van der Waals surface area (Å²) in [5, 5.41) is 2.42. The van der Waals surface area contributed by atoms with Gasteiger partial charge in [0.2, 0.25) is 0 Å². The molecule has 13 heavy (non-hydrogen) atoms. The summed E-state index contributed by atoms with van der Waals surface area (Å²) >= 11 is 3.92. The number of carbonyl (C=O) groups is 2. The topological polar surface area (TPSA) is 78.1 Å². The standard InChI is InChI=1S/C6H6N4O2S/c11-3-1-7-6(12)4-5(10(3)13)9-2-8-4/h2,13H,1H2,(H,7,12)(H,8,9). The maximum absolute atomic E-state index is 11.3. The molecule has 68 valence electrons. The number of imidazole rings is 1. The molecular formula is C6H6N4O2S. The Hall–Kier alpha value is -1.50. The molecule has 0 aliphatic carbocycles. The first kappa shape index (κ1) is 8.11. The van der Waals surface area contributed by atoms with E-state index in [-0.39, 0.29) is 29.9 Å². The Labute approximate surface area is 78.9 Å². The molecule has 0 atom stereocenters. The van der Waals surface area contributed by atoms with Gasteiger partial charge in [-0.25, -0.2) is 9.29 Å². The van der Waals surface area contributed by atoms with Gasteiger partial charge >= 0.3 is 0 Å². The van der Waals surface area contributed by atoms with Gasteiger partial charge in [0.15, 0.2) is 5.82 Å². The zero-order chi connectivity index (χ0) is 9.42. The lowest BCUT2D eigenvalue weighted by Crippen LogP contribution is -2.31. The molecule has 1 aromatic rings. The molecule has 2 amide bonds. The Kier molecular flexibility index (Phi) is 1.73. The van der Waals surface area contributed by atoms with Gasteiger partial charge in [-0.1, -0.05) is 12.8 Å². The first-order chi connectivity index (χ1) is 6.20. The van der Waals surface area contributed by atoms with Crippen LogP contribution in [0, 0.1) is 0 Å². The molecule has 0 radical (unpaired) electrons. The summed E-state index contributed by atoms with van der Waals surface area (Å²) in [4.78, 5) is 28.9. The van der Waals surface area contributed by atoms with Gasteiger partial charge in [0.1, 0.15) is 5.69 Å². The van der Waals surface area contributed by atoms with Crippen LogP contribution in [0.15, 0.2) is 6.33 Å². The lowest BCUT2D eigenvalue weighted by molar-refractivity contribution is -0.116. The molecule has 1 aliphatic heterocycles. The Morgan fingerprint density at radius 3 is 3.08 bits per heavy atom. The predicted octanol–water partition coefficient (Wildman–Crippen LogP) is -0.669. The van der Waals surface area contributed by atoms with Crippen LogP contribution in [0.5, 0.6) is 0 Å². The number of hydrogen-bond acceptors (Lipinski definition) is 4. The maximum Gasteiger partial charge on any atom is 0.272 e. The number of fused-ring (bicyclic) bond motifs is 1. The van der Waals surface area contributed by atoms with E-state index in [2.05, 4.69) is 28.1 Å². The van der Waals surface area contributed by atoms with Crippen LogP contribution in [0.2, 0.25) is 0 Å². The van der Waals surface area contributed by atoms with E-state index in [1.54, 1.807) is 0 Å². The molecule has 2 rings (SSSR count). The monoisotopic (exact) mass is 198 g/mol. The first-order valence-electron chi connectivity index (χ1n) is 3.53. The largest absolute Gasteiger partial charge is 0.342 e. The summed E-state index contributed by atoms with van der Waals surface area (Å²) in [5.74, 6) is -0.428. The highest BCUT2D eigenvalue weighted by atomic mass is 32.1. The Morgan fingerprint density at radius 2 is 2.31 bits per heavy atom. The molecule has 0 fully saturated rings. The van der Waals surface area contributed by atoms with Crippen molar-refractivity contribution in [2.24, 2.45) is 0 Å². The fraction of sp³-hybridized carbons (Fsp3) is 0.167. The molecule has 0 bridgehead atoms. The molecule has 1 aromatic heterocycles. The van der Waals surface area contributed by atoms with Gasteiger partial charge in [0.25, 0.3) is 11.8 Å². The highest BCUT2D eigenvalue weighted by molar-refractivity contribution is 7.82. The molecular weight excluding hydrogens is 192 g/mol. The van der Waals surface area contributed by atoms with E-state index in [4.69, 9.17) is 0 Å². The Morgan fingerprint density at radius 1 is 1.54 bits per heavy atom. The number of carbonyl (C=O) groups excluding carboxylic acids is 2. The summed E-state index contributed by atoms with van der Waals surface area (Å²) in [6, 6.07) is 0. The number of thiol groups is 1. The third-order valence-electron chi connectivity index (χ3n) is 1.68. The summed E-state index contributed by atoms with van der Waals surface area (Å²) in [7, 11) is 0. The summed E-state index contributed by atoms with van der Waals surface area (Å²) in [5.41, 5.74) is 0.251. The quantitative estimate of drug-likeness (QED) is 0.484. The van der Waals surface area contributed by atoms with Crippen LogP contribution in [0.25, 0.3) is 0 Å². The van der Waals surface area contributed by atoms with Crippen molar-refractivity contribution in [3.63, 3.8) is 0 Å². The lowest BCUT2D eigenvalue weighted by Gasteiger charge is -2.08. The second kappa shape index (κ2) is 2.77. The fourth-order valence-electron chi connectivity index (χ4n) is 1.05. The van der Waals surface area contributed by atoms with Gasteiger partial charge in [-0.05, 0) is 0 Å².